The summed E-state index contributed by atoms with van der Waals surface area (Å²) >= 11 is 3.28. The molecule has 0 heterocycles. The lowest BCUT2D eigenvalue weighted by Crippen LogP contribution is -1.95. The van der Waals surface area contributed by atoms with Crippen molar-refractivity contribution in [2.45, 2.75) is 0 Å². The standard InChI is InChI=1S/C14H10BrFO3/c1-19-13-6-10(11(15)7-12(13)16)8-2-4-9(5-3-8)14(17)18/h2-7H,1H3,(H,17,18). The van der Waals surface area contributed by atoms with Crippen LogP contribution in [0.4, 0.5) is 4.39 Å². The van der Waals surface area contributed by atoms with Gasteiger partial charge in [-0.25, -0.2) is 9.18 Å². The lowest BCUT2D eigenvalue weighted by atomic mass is 10.0. The van der Waals surface area contributed by atoms with Crippen molar-refractivity contribution in [1.82, 2.24) is 0 Å². The Bertz CT molecular complexity index is 623. The van der Waals surface area contributed by atoms with Gasteiger partial charge >= 0.3 is 5.97 Å². The quantitative estimate of drug-likeness (QED) is 0.929. The number of hydrogen-bond donors (Lipinski definition) is 1. The number of halogens is 2. The molecule has 19 heavy (non-hydrogen) atoms. The fraction of sp³-hybridized carbons (Fsp3) is 0.0714. The number of methoxy groups -OCH3 is 1. The molecule has 0 bridgehead atoms. The van der Waals surface area contributed by atoms with E-state index in [4.69, 9.17) is 9.84 Å². The van der Waals surface area contributed by atoms with Crippen LogP contribution >= 0.6 is 15.9 Å². The summed E-state index contributed by atoms with van der Waals surface area (Å²) in [6.45, 7) is 0. The highest BCUT2D eigenvalue weighted by Crippen LogP contribution is 2.33. The summed E-state index contributed by atoms with van der Waals surface area (Å²) in [5.41, 5.74) is 1.71. The Morgan fingerprint density at radius 1 is 1.26 bits per heavy atom. The molecule has 0 fully saturated rings. The van der Waals surface area contributed by atoms with Gasteiger partial charge in [-0.05, 0) is 35.4 Å². The van der Waals surface area contributed by atoms with E-state index in [0.29, 0.717) is 4.47 Å². The molecular formula is C14H10BrFO3. The lowest BCUT2D eigenvalue weighted by molar-refractivity contribution is 0.0697. The Balaban J connectivity index is 2.49. The predicted octanol–water partition coefficient (Wildman–Crippen LogP) is 3.96. The molecule has 0 saturated carbocycles. The Labute approximate surface area is 117 Å². The summed E-state index contributed by atoms with van der Waals surface area (Å²) in [5.74, 6) is -1.30. The third kappa shape index (κ3) is 2.76. The molecule has 2 aromatic rings. The van der Waals surface area contributed by atoms with E-state index in [1.54, 1.807) is 18.2 Å². The minimum absolute atomic E-state index is 0.139. The topological polar surface area (TPSA) is 46.5 Å². The Hall–Kier alpha value is -1.88. The number of carboxylic acids is 1. The zero-order valence-electron chi connectivity index (χ0n) is 9.98. The highest BCUT2D eigenvalue weighted by atomic mass is 79.9. The second-order valence-corrected chi connectivity index (χ2v) is 4.70. The summed E-state index contributed by atoms with van der Waals surface area (Å²) in [5, 5.41) is 8.84. The van der Waals surface area contributed by atoms with Crippen molar-refractivity contribution in [3.05, 3.63) is 52.3 Å². The van der Waals surface area contributed by atoms with Crippen molar-refractivity contribution in [3.63, 3.8) is 0 Å². The summed E-state index contributed by atoms with van der Waals surface area (Å²) in [6.07, 6.45) is 0. The molecule has 1 N–H and O–H groups in total. The van der Waals surface area contributed by atoms with Crippen LogP contribution in [0.25, 0.3) is 11.1 Å². The van der Waals surface area contributed by atoms with Gasteiger partial charge in [-0.2, -0.15) is 0 Å². The molecule has 0 unspecified atom stereocenters. The number of hydrogen-bond acceptors (Lipinski definition) is 2. The molecule has 2 aromatic carbocycles. The van der Waals surface area contributed by atoms with Crippen LogP contribution in [0.1, 0.15) is 10.4 Å². The highest BCUT2D eigenvalue weighted by molar-refractivity contribution is 9.10. The Kier molecular flexibility index (Phi) is 3.85. The van der Waals surface area contributed by atoms with Crippen molar-refractivity contribution in [3.8, 4) is 16.9 Å². The summed E-state index contributed by atoms with van der Waals surface area (Å²) < 4.78 is 19.0. The van der Waals surface area contributed by atoms with E-state index in [0.717, 1.165) is 11.1 Å². The van der Waals surface area contributed by atoms with Crippen molar-refractivity contribution < 1.29 is 19.0 Å². The maximum atomic E-state index is 13.5. The fourth-order valence-corrected chi connectivity index (χ4v) is 2.24. The zero-order valence-corrected chi connectivity index (χ0v) is 11.6. The average molecular weight is 325 g/mol. The third-order valence-corrected chi connectivity index (χ3v) is 3.34. The highest BCUT2D eigenvalue weighted by Gasteiger charge is 2.11. The number of aromatic carboxylic acids is 1. The molecule has 98 valence electrons. The van der Waals surface area contributed by atoms with Crippen molar-refractivity contribution >= 4 is 21.9 Å². The van der Waals surface area contributed by atoms with Gasteiger partial charge in [-0.15, -0.1) is 0 Å². The number of carbonyl (C=O) groups is 1. The van der Waals surface area contributed by atoms with E-state index in [-0.39, 0.29) is 11.3 Å². The molecule has 3 nitrogen and oxygen atoms in total. The SMILES string of the molecule is COc1cc(-c2ccc(C(=O)O)cc2)c(Br)cc1F. The second-order valence-electron chi connectivity index (χ2n) is 3.85. The van der Waals surface area contributed by atoms with E-state index in [1.807, 2.05) is 0 Å². The molecule has 2 rings (SSSR count). The van der Waals surface area contributed by atoms with Crippen LogP contribution in [-0.2, 0) is 0 Å². The Morgan fingerprint density at radius 3 is 2.42 bits per heavy atom. The van der Waals surface area contributed by atoms with Gasteiger partial charge in [0.25, 0.3) is 0 Å². The zero-order chi connectivity index (χ0) is 14.0. The van der Waals surface area contributed by atoms with Gasteiger partial charge in [0.05, 0.1) is 12.7 Å². The van der Waals surface area contributed by atoms with Crippen LogP contribution in [0.2, 0.25) is 0 Å². The normalized spacial score (nSPS) is 10.3. The van der Waals surface area contributed by atoms with Crippen LogP contribution in [-0.4, -0.2) is 18.2 Å². The third-order valence-electron chi connectivity index (χ3n) is 2.68. The molecule has 0 amide bonds. The maximum Gasteiger partial charge on any atom is 0.335 e. The Morgan fingerprint density at radius 2 is 1.89 bits per heavy atom. The van der Waals surface area contributed by atoms with Gasteiger partial charge in [0.15, 0.2) is 11.6 Å². The average Bonchev–Trinajstić information content (AvgIpc) is 2.39. The van der Waals surface area contributed by atoms with Crippen LogP contribution < -0.4 is 4.74 Å². The lowest BCUT2D eigenvalue weighted by Gasteiger charge is -2.09. The molecular weight excluding hydrogens is 315 g/mol. The van der Waals surface area contributed by atoms with E-state index >= 15 is 0 Å². The van der Waals surface area contributed by atoms with E-state index in [2.05, 4.69) is 15.9 Å². The van der Waals surface area contributed by atoms with Crippen molar-refractivity contribution in [1.29, 1.82) is 0 Å². The largest absolute Gasteiger partial charge is 0.494 e. The van der Waals surface area contributed by atoms with Crippen LogP contribution in [0.15, 0.2) is 40.9 Å². The minimum Gasteiger partial charge on any atom is -0.494 e. The maximum absolute atomic E-state index is 13.5. The first-order valence-electron chi connectivity index (χ1n) is 5.39. The van der Waals surface area contributed by atoms with Gasteiger partial charge in [-0.1, -0.05) is 28.1 Å². The van der Waals surface area contributed by atoms with Gasteiger partial charge in [0.2, 0.25) is 0 Å². The van der Waals surface area contributed by atoms with Crippen molar-refractivity contribution in [2.75, 3.05) is 7.11 Å². The molecule has 5 heteroatoms. The van der Waals surface area contributed by atoms with Crippen LogP contribution in [0, 0.1) is 5.82 Å². The van der Waals surface area contributed by atoms with E-state index in [9.17, 15) is 9.18 Å². The molecule has 0 spiro atoms. The van der Waals surface area contributed by atoms with E-state index < -0.39 is 11.8 Å². The number of ether oxygens (including phenoxy) is 1. The minimum atomic E-state index is -0.984. The summed E-state index contributed by atoms with van der Waals surface area (Å²) in [6, 6.07) is 9.22. The first-order chi connectivity index (χ1) is 9.02. The number of carboxylic acid groups (broad SMARTS) is 1. The summed E-state index contributed by atoms with van der Waals surface area (Å²) in [7, 11) is 1.39. The van der Waals surface area contributed by atoms with Gasteiger partial charge in [0, 0.05) is 4.47 Å². The van der Waals surface area contributed by atoms with E-state index in [1.165, 1.54) is 25.3 Å². The molecule has 0 aliphatic rings. The first kappa shape index (κ1) is 13.5. The molecule has 0 atom stereocenters. The monoisotopic (exact) mass is 324 g/mol. The number of benzene rings is 2. The molecule has 0 aliphatic carbocycles. The number of rotatable bonds is 3. The molecule has 0 radical (unpaired) electrons. The molecule has 0 aromatic heterocycles. The van der Waals surface area contributed by atoms with Crippen LogP contribution in [0.5, 0.6) is 5.75 Å². The second kappa shape index (κ2) is 5.40. The molecule has 0 aliphatic heterocycles. The van der Waals surface area contributed by atoms with Gasteiger partial charge in [-0.3, -0.25) is 0 Å². The fourth-order valence-electron chi connectivity index (χ4n) is 1.70. The predicted molar refractivity (Wildman–Crippen MR) is 73.0 cm³/mol. The van der Waals surface area contributed by atoms with Crippen molar-refractivity contribution in [2.24, 2.45) is 0 Å². The van der Waals surface area contributed by atoms with Gasteiger partial charge in [0.1, 0.15) is 0 Å². The van der Waals surface area contributed by atoms with Crippen LogP contribution in [0.3, 0.4) is 0 Å². The summed E-state index contributed by atoms with van der Waals surface area (Å²) in [4.78, 5) is 10.8. The van der Waals surface area contributed by atoms with Gasteiger partial charge < -0.3 is 9.84 Å². The first-order valence-corrected chi connectivity index (χ1v) is 6.19. The molecule has 0 saturated heterocycles. The smallest absolute Gasteiger partial charge is 0.335 e.